The molecule has 2 rings (SSSR count). The highest BCUT2D eigenvalue weighted by Gasteiger charge is 2.05. The number of aromatic nitrogens is 4. The molecular weight excluding hydrogens is 208 g/mol. The molecule has 0 aromatic carbocycles. The van der Waals surface area contributed by atoms with Gasteiger partial charge in [-0.15, -0.1) is 0 Å². The van der Waals surface area contributed by atoms with Gasteiger partial charge in [-0.2, -0.15) is 0 Å². The number of H-pyrrole nitrogens is 1. The van der Waals surface area contributed by atoms with E-state index >= 15 is 0 Å². The third-order valence-electron chi connectivity index (χ3n) is 2.14. The van der Waals surface area contributed by atoms with Gasteiger partial charge in [-0.05, 0) is 12.0 Å². The van der Waals surface area contributed by atoms with E-state index in [1.807, 2.05) is 6.07 Å². The zero-order valence-corrected chi connectivity index (χ0v) is 9.45. The minimum absolute atomic E-state index is 0.421. The van der Waals surface area contributed by atoms with Crippen LogP contribution in [-0.2, 0) is 0 Å². The van der Waals surface area contributed by atoms with Crippen molar-refractivity contribution in [3.05, 3.63) is 35.0 Å². The number of hydrogen-bond acceptors (Lipinski definition) is 3. The van der Waals surface area contributed by atoms with Gasteiger partial charge in [-0.3, -0.25) is 10.1 Å². The van der Waals surface area contributed by atoms with Gasteiger partial charge in [0.05, 0.1) is 6.20 Å². The van der Waals surface area contributed by atoms with Gasteiger partial charge in [0.2, 0.25) is 0 Å². The molecule has 1 N–H and O–H groups in total. The summed E-state index contributed by atoms with van der Waals surface area (Å²) in [6.45, 7) is 4.23. The molecule has 2 aromatic heterocycles. The summed E-state index contributed by atoms with van der Waals surface area (Å²) in [7, 11) is 0. The summed E-state index contributed by atoms with van der Waals surface area (Å²) in [5.74, 6) is 1.14. The summed E-state index contributed by atoms with van der Waals surface area (Å²) >= 11 is 5.24. The minimum atomic E-state index is 0.421. The second-order valence-electron chi connectivity index (χ2n) is 3.60. The first-order chi connectivity index (χ1) is 7.18. The van der Waals surface area contributed by atoms with Crippen molar-refractivity contribution in [3.8, 4) is 5.82 Å². The van der Waals surface area contributed by atoms with Crippen molar-refractivity contribution >= 4 is 12.2 Å². The second-order valence-corrected chi connectivity index (χ2v) is 4.02. The lowest BCUT2D eigenvalue weighted by Crippen LogP contribution is -2.00. The molecule has 4 nitrogen and oxygen atoms in total. The van der Waals surface area contributed by atoms with Crippen LogP contribution in [0.4, 0.5) is 0 Å². The number of nitrogens with one attached hydrogen (secondary N) is 1. The molecule has 0 spiro atoms. The van der Waals surface area contributed by atoms with Crippen molar-refractivity contribution in [3.63, 3.8) is 0 Å². The fourth-order valence-electron chi connectivity index (χ4n) is 1.29. The molecular formula is C10H12N4S. The summed E-state index contributed by atoms with van der Waals surface area (Å²) in [6, 6.07) is 1.95. The fraction of sp³-hybridized carbons (Fsp3) is 0.300. The summed E-state index contributed by atoms with van der Waals surface area (Å²) < 4.78 is 2.48. The van der Waals surface area contributed by atoms with Crippen LogP contribution in [0.3, 0.4) is 0 Å². The minimum Gasteiger partial charge on any atom is -0.295 e. The Morgan fingerprint density at radius 2 is 2.20 bits per heavy atom. The Hall–Kier alpha value is -1.49. The van der Waals surface area contributed by atoms with E-state index in [1.165, 1.54) is 0 Å². The topological polar surface area (TPSA) is 46.5 Å². The van der Waals surface area contributed by atoms with Crippen molar-refractivity contribution in [1.82, 2.24) is 19.7 Å². The smallest absolute Gasteiger partial charge is 0.171 e. The first-order valence-electron chi connectivity index (χ1n) is 4.77. The molecule has 78 valence electrons. The van der Waals surface area contributed by atoms with Crippen molar-refractivity contribution in [2.24, 2.45) is 0 Å². The standard InChI is InChI=1S/C10H12N4S/c1-7(2)8-5-10(15)14(13-8)9-6-11-3-4-12-9/h3-7,13H,1-2H3. The van der Waals surface area contributed by atoms with Crippen LogP contribution in [-0.4, -0.2) is 19.7 Å². The third-order valence-corrected chi connectivity index (χ3v) is 2.44. The Morgan fingerprint density at radius 3 is 2.73 bits per heavy atom. The van der Waals surface area contributed by atoms with E-state index < -0.39 is 0 Å². The molecule has 2 aromatic rings. The summed E-state index contributed by atoms with van der Waals surface area (Å²) in [6.07, 6.45) is 4.96. The molecule has 0 saturated heterocycles. The zero-order valence-electron chi connectivity index (χ0n) is 8.64. The Balaban J connectivity index is 2.50. The number of rotatable bonds is 2. The van der Waals surface area contributed by atoms with Crippen molar-refractivity contribution in [1.29, 1.82) is 0 Å². The molecule has 0 bridgehead atoms. The molecule has 5 heteroatoms. The lowest BCUT2D eigenvalue weighted by atomic mass is 10.1. The third kappa shape index (κ3) is 1.97. The Bertz CT molecular complexity index is 498. The Morgan fingerprint density at radius 1 is 1.40 bits per heavy atom. The predicted octanol–water partition coefficient (Wildman–Crippen LogP) is 2.45. The number of hydrogen-bond donors (Lipinski definition) is 1. The molecule has 0 aliphatic heterocycles. The van der Waals surface area contributed by atoms with Gasteiger partial charge in [0, 0.05) is 18.1 Å². The molecule has 0 aliphatic rings. The van der Waals surface area contributed by atoms with Crippen LogP contribution in [0.1, 0.15) is 25.5 Å². The van der Waals surface area contributed by atoms with Crippen molar-refractivity contribution in [2.75, 3.05) is 0 Å². The van der Waals surface area contributed by atoms with E-state index in [1.54, 1.807) is 23.3 Å². The van der Waals surface area contributed by atoms with Crippen LogP contribution >= 0.6 is 12.2 Å². The van der Waals surface area contributed by atoms with Crippen molar-refractivity contribution in [2.45, 2.75) is 19.8 Å². The van der Waals surface area contributed by atoms with Gasteiger partial charge in [-0.25, -0.2) is 9.67 Å². The van der Waals surface area contributed by atoms with E-state index in [4.69, 9.17) is 12.2 Å². The van der Waals surface area contributed by atoms with Gasteiger partial charge >= 0.3 is 0 Å². The molecule has 0 amide bonds. The maximum atomic E-state index is 5.24. The average Bonchev–Trinajstić information content (AvgIpc) is 2.62. The van der Waals surface area contributed by atoms with Crippen LogP contribution in [0.15, 0.2) is 24.7 Å². The SMILES string of the molecule is CC(C)c1cc(=S)n(-c2cnccn2)[nH]1. The highest BCUT2D eigenvalue weighted by Crippen LogP contribution is 2.13. The van der Waals surface area contributed by atoms with E-state index in [9.17, 15) is 0 Å². The normalized spacial score (nSPS) is 10.9. The van der Waals surface area contributed by atoms with Crippen LogP contribution in [0.5, 0.6) is 0 Å². The van der Waals surface area contributed by atoms with Gasteiger partial charge in [0.25, 0.3) is 0 Å². The van der Waals surface area contributed by atoms with Crippen LogP contribution in [0.2, 0.25) is 0 Å². The van der Waals surface area contributed by atoms with Crippen molar-refractivity contribution < 1.29 is 0 Å². The van der Waals surface area contributed by atoms with Gasteiger partial charge < -0.3 is 0 Å². The summed E-state index contributed by atoms with van der Waals surface area (Å²) in [5.41, 5.74) is 1.10. The molecule has 0 fully saturated rings. The number of nitrogens with zero attached hydrogens (tertiary/aromatic N) is 3. The Labute approximate surface area is 93.0 Å². The predicted molar refractivity (Wildman–Crippen MR) is 60.6 cm³/mol. The summed E-state index contributed by atoms with van der Waals surface area (Å²) in [5, 5.41) is 3.21. The van der Waals surface area contributed by atoms with E-state index in [2.05, 4.69) is 28.9 Å². The fourth-order valence-corrected chi connectivity index (χ4v) is 1.55. The monoisotopic (exact) mass is 220 g/mol. The van der Waals surface area contributed by atoms with Crippen LogP contribution in [0.25, 0.3) is 5.82 Å². The largest absolute Gasteiger partial charge is 0.295 e. The van der Waals surface area contributed by atoms with E-state index in [0.29, 0.717) is 5.92 Å². The van der Waals surface area contributed by atoms with Crippen LogP contribution < -0.4 is 0 Å². The molecule has 0 saturated carbocycles. The lowest BCUT2D eigenvalue weighted by Gasteiger charge is -2.02. The maximum absolute atomic E-state index is 5.24. The van der Waals surface area contributed by atoms with Gasteiger partial charge in [0.15, 0.2) is 5.82 Å². The number of aromatic amines is 1. The molecule has 15 heavy (non-hydrogen) atoms. The Kier molecular flexibility index (Phi) is 2.64. The molecule has 0 unspecified atom stereocenters. The summed E-state index contributed by atoms with van der Waals surface area (Å²) in [4.78, 5) is 8.19. The maximum Gasteiger partial charge on any atom is 0.171 e. The molecule has 0 atom stereocenters. The first kappa shape index (κ1) is 10.0. The van der Waals surface area contributed by atoms with Gasteiger partial charge in [-0.1, -0.05) is 26.1 Å². The second kappa shape index (κ2) is 3.94. The van der Waals surface area contributed by atoms with Crippen LogP contribution in [0, 0.1) is 4.64 Å². The molecule has 2 heterocycles. The average molecular weight is 220 g/mol. The van der Waals surface area contributed by atoms with Gasteiger partial charge in [0.1, 0.15) is 4.64 Å². The van der Waals surface area contributed by atoms with E-state index in [0.717, 1.165) is 16.2 Å². The van der Waals surface area contributed by atoms with E-state index in [-0.39, 0.29) is 0 Å². The highest BCUT2D eigenvalue weighted by molar-refractivity contribution is 7.71. The molecule has 0 radical (unpaired) electrons. The molecule has 0 aliphatic carbocycles. The highest BCUT2D eigenvalue weighted by atomic mass is 32.1. The first-order valence-corrected chi connectivity index (χ1v) is 5.17. The quantitative estimate of drug-likeness (QED) is 0.791. The lowest BCUT2D eigenvalue weighted by molar-refractivity contribution is 0.751. The zero-order chi connectivity index (χ0) is 10.8.